The van der Waals surface area contributed by atoms with Crippen LogP contribution in [0.2, 0.25) is 0 Å². The highest BCUT2D eigenvalue weighted by molar-refractivity contribution is 5.70. The van der Waals surface area contributed by atoms with Gasteiger partial charge in [0, 0.05) is 19.1 Å². The van der Waals surface area contributed by atoms with Crippen LogP contribution in [0.3, 0.4) is 0 Å². The number of ether oxygens (including phenoxy) is 2. The summed E-state index contributed by atoms with van der Waals surface area (Å²) in [4.78, 5) is 16.8. The van der Waals surface area contributed by atoms with Crippen molar-refractivity contribution in [2.45, 2.75) is 63.8 Å². The van der Waals surface area contributed by atoms with E-state index in [4.69, 9.17) is 9.47 Å². The molecule has 2 heterocycles. The third kappa shape index (κ3) is 4.61. The lowest BCUT2D eigenvalue weighted by Gasteiger charge is -2.45. The van der Waals surface area contributed by atoms with Gasteiger partial charge in [-0.15, -0.1) is 0 Å². The number of nitrogens with zero attached hydrogens (tertiary/aromatic N) is 2. The molecule has 2 bridgehead atoms. The minimum atomic E-state index is -0.824. The van der Waals surface area contributed by atoms with E-state index in [9.17, 15) is 9.90 Å². The summed E-state index contributed by atoms with van der Waals surface area (Å²) >= 11 is 0. The van der Waals surface area contributed by atoms with E-state index >= 15 is 0 Å². The van der Waals surface area contributed by atoms with E-state index in [-0.39, 0.29) is 12.6 Å². The van der Waals surface area contributed by atoms with Crippen LogP contribution in [0.25, 0.3) is 0 Å². The van der Waals surface area contributed by atoms with Crippen LogP contribution in [-0.2, 0) is 22.6 Å². The van der Waals surface area contributed by atoms with Crippen LogP contribution in [0.1, 0.15) is 38.3 Å². The van der Waals surface area contributed by atoms with Gasteiger partial charge in [0.05, 0.1) is 13.2 Å². The molecule has 0 spiro atoms. The second-order valence-corrected chi connectivity index (χ2v) is 9.56. The standard InChI is InChI=1S/C25H32N2O4/c1-24(2,3)31-23(29)27-16-21-14-25(27,18-30-17-20-12-8-5-9-13-20)22(28)26(21)15-19-10-6-4-7-11-19/h4-13,21-22,28H,14-18H2,1-3H3/t21-,22?,25+/m0/s1. The molecule has 4 rings (SSSR count). The molecular weight excluding hydrogens is 392 g/mol. The summed E-state index contributed by atoms with van der Waals surface area (Å²) in [7, 11) is 0. The quantitative estimate of drug-likeness (QED) is 0.765. The number of aliphatic hydroxyl groups is 1. The van der Waals surface area contributed by atoms with Gasteiger partial charge in [-0.05, 0) is 38.3 Å². The number of carbonyl (C=O) groups is 1. The van der Waals surface area contributed by atoms with Crippen molar-refractivity contribution in [1.29, 1.82) is 0 Å². The van der Waals surface area contributed by atoms with Gasteiger partial charge in [0.2, 0.25) is 0 Å². The van der Waals surface area contributed by atoms with Gasteiger partial charge in [-0.2, -0.15) is 0 Å². The molecule has 2 aromatic carbocycles. The van der Waals surface area contributed by atoms with Gasteiger partial charge in [0.25, 0.3) is 0 Å². The van der Waals surface area contributed by atoms with Crippen molar-refractivity contribution in [3.05, 3.63) is 71.8 Å². The van der Waals surface area contributed by atoms with Crippen LogP contribution in [0.4, 0.5) is 4.79 Å². The molecule has 1 N–H and O–H groups in total. The van der Waals surface area contributed by atoms with E-state index < -0.39 is 23.5 Å². The van der Waals surface area contributed by atoms with E-state index in [1.54, 1.807) is 4.90 Å². The molecule has 0 aromatic heterocycles. The van der Waals surface area contributed by atoms with Crippen molar-refractivity contribution >= 4 is 6.09 Å². The monoisotopic (exact) mass is 424 g/mol. The van der Waals surface area contributed by atoms with Crippen LogP contribution in [-0.4, -0.2) is 57.6 Å². The summed E-state index contributed by atoms with van der Waals surface area (Å²) in [5.41, 5.74) is 0.778. The fourth-order valence-electron chi connectivity index (χ4n) is 4.67. The predicted octanol–water partition coefficient (Wildman–Crippen LogP) is 3.79. The maximum atomic E-state index is 13.0. The number of aliphatic hydroxyl groups excluding tert-OH is 1. The Morgan fingerprint density at radius 2 is 1.68 bits per heavy atom. The number of hydrogen-bond donors (Lipinski definition) is 1. The van der Waals surface area contributed by atoms with Crippen LogP contribution in [0, 0.1) is 0 Å². The lowest BCUT2D eigenvalue weighted by Crippen LogP contribution is -2.64. The van der Waals surface area contributed by atoms with Crippen molar-refractivity contribution < 1.29 is 19.4 Å². The number of fused-ring (bicyclic) bond motifs is 2. The molecule has 2 saturated heterocycles. The maximum Gasteiger partial charge on any atom is 0.411 e. The molecule has 166 valence electrons. The Bertz CT molecular complexity index is 883. The van der Waals surface area contributed by atoms with Crippen LogP contribution >= 0.6 is 0 Å². The summed E-state index contributed by atoms with van der Waals surface area (Å²) in [6.07, 6.45) is -0.554. The molecule has 0 saturated carbocycles. The molecule has 2 aliphatic rings. The van der Waals surface area contributed by atoms with Crippen LogP contribution in [0.5, 0.6) is 0 Å². The third-order valence-corrected chi connectivity index (χ3v) is 6.07. The molecule has 3 atom stereocenters. The first kappa shape index (κ1) is 21.8. The average Bonchev–Trinajstić information content (AvgIpc) is 3.23. The van der Waals surface area contributed by atoms with E-state index in [1.165, 1.54) is 0 Å². The first-order chi connectivity index (χ1) is 14.8. The second kappa shape index (κ2) is 8.61. The number of likely N-dealkylation sites (tertiary alicyclic amines) is 2. The summed E-state index contributed by atoms with van der Waals surface area (Å²) in [6, 6.07) is 20.1. The van der Waals surface area contributed by atoms with Gasteiger partial charge < -0.3 is 14.6 Å². The Kier molecular flexibility index (Phi) is 6.06. The number of piperazine rings is 1. The summed E-state index contributed by atoms with van der Waals surface area (Å²) < 4.78 is 11.7. The SMILES string of the molecule is CC(C)(C)OC(=O)N1C[C@@H]2C[C@@]1(COCc1ccccc1)C(O)N2Cc1ccccc1. The Morgan fingerprint density at radius 3 is 2.29 bits per heavy atom. The summed E-state index contributed by atoms with van der Waals surface area (Å²) in [6.45, 7) is 7.41. The third-order valence-electron chi connectivity index (χ3n) is 6.07. The number of hydrogen-bond acceptors (Lipinski definition) is 5. The highest BCUT2D eigenvalue weighted by Crippen LogP contribution is 2.45. The summed E-state index contributed by atoms with van der Waals surface area (Å²) in [5.74, 6) is 0. The number of benzene rings is 2. The van der Waals surface area contributed by atoms with E-state index in [1.807, 2.05) is 69.3 Å². The molecule has 6 heteroatoms. The van der Waals surface area contributed by atoms with E-state index in [2.05, 4.69) is 17.0 Å². The zero-order chi connectivity index (χ0) is 22.1. The largest absolute Gasteiger partial charge is 0.444 e. The number of amides is 1. The molecule has 6 nitrogen and oxygen atoms in total. The molecule has 31 heavy (non-hydrogen) atoms. The molecule has 0 radical (unpaired) electrons. The highest BCUT2D eigenvalue weighted by Gasteiger charge is 2.63. The molecule has 2 fully saturated rings. The Balaban J connectivity index is 1.53. The van der Waals surface area contributed by atoms with E-state index in [0.29, 0.717) is 26.1 Å². The van der Waals surface area contributed by atoms with Gasteiger partial charge in [-0.25, -0.2) is 4.79 Å². The molecular formula is C25H32N2O4. The molecule has 1 amide bonds. The zero-order valence-corrected chi connectivity index (χ0v) is 18.5. The van der Waals surface area contributed by atoms with Crippen LogP contribution in [0.15, 0.2) is 60.7 Å². The van der Waals surface area contributed by atoms with Crippen molar-refractivity contribution in [1.82, 2.24) is 9.80 Å². The minimum Gasteiger partial charge on any atom is -0.444 e. The zero-order valence-electron chi connectivity index (χ0n) is 18.5. The lowest BCUT2D eigenvalue weighted by molar-refractivity contribution is -0.131. The summed E-state index contributed by atoms with van der Waals surface area (Å²) in [5, 5.41) is 11.4. The lowest BCUT2D eigenvalue weighted by atomic mass is 9.97. The van der Waals surface area contributed by atoms with Gasteiger partial charge in [-0.1, -0.05) is 60.7 Å². The molecule has 0 aliphatic carbocycles. The van der Waals surface area contributed by atoms with Gasteiger partial charge in [0.15, 0.2) is 0 Å². The van der Waals surface area contributed by atoms with Gasteiger partial charge in [0.1, 0.15) is 17.4 Å². The number of carbonyl (C=O) groups excluding carboxylic acids is 1. The van der Waals surface area contributed by atoms with Crippen LogP contribution < -0.4 is 0 Å². The number of rotatable bonds is 6. The Labute approximate surface area is 184 Å². The van der Waals surface area contributed by atoms with Crippen molar-refractivity contribution in [2.24, 2.45) is 0 Å². The Hall–Kier alpha value is -2.41. The predicted molar refractivity (Wildman–Crippen MR) is 118 cm³/mol. The fraction of sp³-hybridized carbons (Fsp3) is 0.480. The first-order valence-corrected chi connectivity index (χ1v) is 10.9. The second-order valence-electron chi connectivity index (χ2n) is 9.56. The maximum absolute atomic E-state index is 13.0. The molecule has 1 unspecified atom stereocenters. The topological polar surface area (TPSA) is 62.2 Å². The smallest absolute Gasteiger partial charge is 0.411 e. The molecule has 2 aliphatic heterocycles. The van der Waals surface area contributed by atoms with Crippen molar-refractivity contribution in [3.63, 3.8) is 0 Å². The van der Waals surface area contributed by atoms with Gasteiger partial charge in [-0.3, -0.25) is 9.80 Å². The Morgan fingerprint density at radius 1 is 1.06 bits per heavy atom. The van der Waals surface area contributed by atoms with Crippen molar-refractivity contribution in [2.75, 3.05) is 13.2 Å². The first-order valence-electron chi connectivity index (χ1n) is 10.9. The molecule has 2 aromatic rings. The highest BCUT2D eigenvalue weighted by atomic mass is 16.6. The van der Waals surface area contributed by atoms with Crippen molar-refractivity contribution in [3.8, 4) is 0 Å². The average molecular weight is 425 g/mol. The van der Waals surface area contributed by atoms with Gasteiger partial charge >= 0.3 is 6.09 Å². The fourth-order valence-corrected chi connectivity index (χ4v) is 4.67. The normalized spacial score (nSPS) is 25.7. The minimum absolute atomic E-state index is 0.0584. The van der Waals surface area contributed by atoms with E-state index in [0.717, 1.165) is 11.1 Å².